The third-order valence-corrected chi connectivity index (χ3v) is 8.54. The summed E-state index contributed by atoms with van der Waals surface area (Å²) in [5.41, 5.74) is 3.49. The highest BCUT2D eigenvalue weighted by Crippen LogP contribution is 2.39. The molecule has 5 nitrogen and oxygen atoms in total. The number of benzene rings is 1. The average Bonchev–Trinajstić information content (AvgIpc) is 3.37. The molecule has 0 saturated carbocycles. The lowest BCUT2D eigenvalue weighted by Gasteiger charge is -2.11. The van der Waals surface area contributed by atoms with Crippen molar-refractivity contribution in [3.63, 3.8) is 0 Å². The molecule has 35 heavy (non-hydrogen) atoms. The van der Waals surface area contributed by atoms with Gasteiger partial charge in [0.1, 0.15) is 5.00 Å². The molecule has 0 unspecified atom stereocenters. The minimum absolute atomic E-state index is 0.270. The van der Waals surface area contributed by atoms with Gasteiger partial charge in [-0.25, -0.2) is 9.78 Å². The van der Waals surface area contributed by atoms with Crippen LogP contribution in [0.4, 0.5) is 5.00 Å². The van der Waals surface area contributed by atoms with Crippen LogP contribution in [0.5, 0.6) is 0 Å². The fourth-order valence-corrected chi connectivity index (χ4v) is 6.70. The number of anilines is 1. The molecule has 8 heteroatoms. The number of hydrogen-bond donors (Lipinski definition) is 1. The number of carbonyl (C=O) groups is 2. The summed E-state index contributed by atoms with van der Waals surface area (Å²) in [6.45, 7) is 2.33. The Hall–Kier alpha value is -2.74. The van der Waals surface area contributed by atoms with E-state index in [1.807, 2.05) is 43.3 Å². The standard InChI is InChI=1S/C27H25ClN2O3S2/c1-2-14-33-27(32)24-17-9-4-3-5-11-21(17)35-26(24)30-25(31)18-15-20(22-12-13-23(28)34-22)29-19-10-7-6-8-16(18)19/h6-8,10,12-13,15H,2-5,9,11,14H2,1H3,(H,30,31). The molecule has 1 aromatic carbocycles. The molecule has 0 saturated heterocycles. The normalized spacial score (nSPS) is 13.3. The van der Waals surface area contributed by atoms with Crippen LogP contribution in [-0.4, -0.2) is 23.5 Å². The lowest BCUT2D eigenvalue weighted by atomic mass is 10.0. The monoisotopic (exact) mass is 524 g/mol. The number of esters is 1. The van der Waals surface area contributed by atoms with Gasteiger partial charge in [-0.05, 0) is 61.9 Å². The van der Waals surface area contributed by atoms with Gasteiger partial charge in [0.2, 0.25) is 0 Å². The molecule has 1 N–H and O–H groups in total. The van der Waals surface area contributed by atoms with Gasteiger partial charge in [0.25, 0.3) is 5.91 Å². The number of carbonyl (C=O) groups excluding carboxylic acids is 2. The summed E-state index contributed by atoms with van der Waals surface area (Å²) in [7, 11) is 0. The zero-order chi connectivity index (χ0) is 24.4. The van der Waals surface area contributed by atoms with Crippen LogP contribution < -0.4 is 5.32 Å². The van der Waals surface area contributed by atoms with Gasteiger partial charge >= 0.3 is 5.97 Å². The Bertz CT molecular complexity index is 1410. The van der Waals surface area contributed by atoms with Crippen LogP contribution in [0.2, 0.25) is 4.34 Å². The zero-order valence-corrected chi connectivity index (χ0v) is 21.7. The number of halogens is 1. The van der Waals surface area contributed by atoms with Gasteiger partial charge < -0.3 is 10.1 Å². The lowest BCUT2D eigenvalue weighted by molar-refractivity contribution is 0.0505. The molecule has 3 heterocycles. The summed E-state index contributed by atoms with van der Waals surface area (Å²) < 4.78 is 6.18. The quantitative estimate of drug-likeness (QED) is 0.206. The van der Waals surface area contributed by atoms with Crippen LogP contribution in [0.25, 0.3) is 21.5 Å². The maximum atomic E-state index is 13.7. The summed E-state index contributed by atoms with van der Waals surface area (Å²) in [6, 6.07) is 13.1. The summed E-state index contributed by atoms with van der Waals surface area (Å²) in [6.07, 6.45) is 5.77. The predicted molar refractivity (Wildman–Crippen MR) is 144 cm³/mol. The van der Waals surface area contributed by atoms with Gasteiger partial charge in [-0.1, -0.05) is 43.1 Å². The van der Waals surface area contributed by atoms with Gasteiger partial charge in [-0.3, -0.25) is 4.79 Å². The maximum Gasteiger partial charge on any atom is 0.341 e. The van der Waals surface area contributed by atoms with Gasteiger partial charge in [0.05, 0.1) is 38.2 Å². The Kier molecular flexibility index (Phi) is 7.18. The third-order valence-electron chi connectivity index (χ3n) is 6.08. The first-order chi connectivity index (χ1) is 17.0. The number of para-hydroxylation sites is 1. The summed E-state index contributed by atoms with van der Waals surface area (Å²) in [5.74, 6) is -0.622. The van der Waals surface area contributed by atoms with Crippen LogP contribution >= 0.6 is 34.3 Å². The minimum Gasteiger partial charge on any atom is -0.462 e. The second kappa shape index (κ2) is 10.5. The van der Waals surface area contributed by atoms with Crippen molar-refractivity contribution < 1.29 is 14.3 Å². The van der Waals surface area contributed by atoms with E-state index in [2.05, 4.69) is 5.32 Å². The predicted octanol–water partition coefficient (Wildman–Crippen LogP) is 7.77. The van der Waals surface area contributed by atoms with E-state index >= 15 is 0 Å². The minimum atomic E-state index is -0.352. The number of nitrogens with zero attached hydrogens (tertiary/aromatic N) is 1. The highest BCUT2D eigenvalue weighted by molar-refractivity contribution is 7.19. The molecule has 3 aromatic heterocycles. The molecule has 0 bridgehead atoms. The maximum absolute atomic E-state index is 13.7. The first-order valence-electron chi connectivity index (χ1n) is 11.8. The van der Waals surface area contributed by atoms with Crippen molar-refractivity contribution in [2.45, 2.75) is 45.4 Å². The SMILES string of the molecule is CCCOC(=O)c1c(NC(=O)c2cc(-c3ccc(Cl)s3)nc3ccccc23)sc2c1CCCCC2. The molecule has 1 aliphatic carbocycles. The highest BCUT2D eigenvalue weighted by atomic mass is 35.5. The number of thiophene rings is 2. The van der Waals surface area contributed by atoms with Gasteiger partial charge in [0.15, 0.2) is 0 Å². The van der Waals surface area contributed by atoms with Crippen molar-refractivity contribution in [2.75, 3.05) is 11.9 Å². The first-order valence-corrected chi connectivity index (χ1v) is 13.8. The van der Waals surface area contributed by atoms with E-state index in [1.165, 1.54) is 27.6 Å². The third kappa shape index (κ3) is 4.99. The number of ether oxygens (including phenoxy) is 1. The molecule has 4 aromatic rings. The molecule has 1 amide bonds. The van der Waals surface area contributed by atoms with Gasteiger partial charge in [0, 0.05) is 10.3 Å². The van der Waals surface area contributed by atoms with E-state index in [-0.39, 0.29) is 11.9 Å². The topological polar surface area (TPSA) is 68.3 Å². The number of amides is 1. The second-order valence-electron chi connectivity index (χ2n) is 8.53. The Morgan fingerprint density at radius 2 is 1.91 bits per heavy atom. The Morgan fingerprint density at radius 3 is 2.71 bits per heavy atom. The van der Waals surface area contributed by atoms with Crippen LogP contribution in [0.3, 0.4) is 0 Å². The molecule has 0 fully saturated rings. The van der Waals surface area contributed by atoms with Crippen LogP contribution in [0.1, 0.15) is 63.8 Å². The number of nitrogens with one attached hydrogen (secondary N) is 1. The molecule has 0 radical (unpaired) electrons. The Morgan fingerprint density at radius 1 is 1.09 bits per heavy atom. The molecule has 0 spiro atoms. The highest BCUT2D eigenvalue weighted by Gasteiger charge is 2.27. The number of aromatic nitrogens is 1. The molecule has 5 rings (SSSR count). The van der Waals surface area contributed by atoms with Crippen LogP contribution in [0.15, 0.2) is 42.5 Å². The lowest BCUT2D eigenvalue weighted by Crippen LogP contribution is -2.16. The molecular formula is C27H25ClN2O3S2. The smallest absolute Gasteiger partial charge is 0.341 e. The van der Waals surface area contributed by atoms with E-state index in [1.54, 1.807) is 6.07 Å². The Balaban J connectivity index is 1.56. The molecule has 1 aliphatic rings. The zero-order valence-electron chi connectivity index (χ0n) is 19.4. The number of pyridine rings is 1. The van der Waals surface area contributed by atoms with Crippen molar-refractivity contribution in [2.24, 2.45) is 0 Å². The van der Waals surface area contributed by atoms with E-state index < -0.39 is 0 Å². The van der Waals surface area contributed by atoms with E-state index in [0.717, 1.165) is 59.9 Å². The number of fused-ring (bicyclic) bond motifs is 2. The fraction of sp³-hybridized carbons (Fsp3) is 0.296. The molecule has 180 valence electrons. The van der Waals surface area contributed by atoms with Crippen molar-refractivity contribution in [1.82, 2.24) is 4.98 Å². The van der Waals surface area contributed by atoms with Crippen molar-refractivity contribution >= 4 is 62.1 Å². The summed E-state index contributed by atoms with van der Waals surface area (Å²) in [4.78, 5) is 33.6. The second-order valence-corrected chi connectivity index (χ2v) is 11.4. The summed E-state index contributed by atoms with van der Waals surface area (Å²) >= 11 is 9.08. The van der Waals surface area contributed by atoms with E-state index in [0.29, 0.717) is 32.8 Å². The number of hydrogen-bond acceptors (Lipinski definition) is 6. The molecular weight excluding hydrogens is 500 g/mol. The van der Waals surface area contributed by atoms with Gasteiger partial charge in [-0.2, -0.15) is 0 Å². The average molecular weight is 525 g/mol. The molecule has 0 atom stereocenters. The first kappa shape index (κ1) is 24.0. The largest absolute Gasteiger partial charge is 0.462 e. The van der Waals surface area contributed by atoms with Gasteiger partial charge in [-0.15, -0.1) is 22.7 Å². The number of rotatable bonds is 6. The summed E-state index contributed by atoms with van der Waals surface area (Å²) in [5, 5.41) is 4.39. The van der Waals surface area contributed by atoms with Crippen molar-refractivity contribution in [3.05, 3.63) is 68.4 Å². The van der Waals surface area contributed by atoms with E-state index in [4.69, 9.17) is 21.3 Å². The Labute approximate surface area is 217 Å². The molecule has 0 aliphatic heterocycles. The number of aryl methyl sites for hydroxylation is 1. The van der Waals surface area contributed by atoms with Crippen LogP contribution in [0, 0.1) is 0 Å². The van der Waals surface area contributed by atoms with Crippen LogP contribution in [-0.2, 0) is 17.6 Å². The van der Waals surface area contributed by atoms with Crippen molar-refractivity contribution in [3.8, 4) is 10.6 Å². The fourth-order valence-electron chi connectivity index (χ4n) is 4.43. The van der Waals surface area contributed by atoms with E-state index in [9.17, 15) is 9.59 Å². The van der Waals surface area contributed by atoms with Crippen molar-refractivity contribution in [1.29, 1.82) is 0 Å².